The fourth-order valence-corrected chi connectivity index (χ4v) is 2.93. The lowest BCUT2D eigenvalue weighted by atomic mass is 10.1. The molecule has 0 spiro atoms. The summed E-state index contributed by atoms with van der Waals surface area (Å²) in [6.45, 7) is 2.28. The van der Waals surface area contributed by atoms with E-state index in [0.717, 1.165) is 11.1 Å². The molecule has 1 amide bonds. The van der Waals surface area contributed by atoms with Gasteiger partial charge in [0.15, 0.2) is 11.5 Å². The molecule has 2 aromatic carbocycles. The second-order valence-electron chi connectivity index (χ2n) is 6.47. The van der Waals surface area contributed by atoms with Crippen molar-refractivity contribution in [2.24, 2.45) is 0 Å². The smallest absolute Gasteiger partial charge is 0.271 e. The van der Waals surface area contributed by atoms with Gasteiger partial charge in [0.05, 0.1) is 38.5 Å². The van der Waals surface area contributed by atoms with E-state index < -0.39 is 4.92 Å². The predicted octanol–water partition coefficient (Wildman–Crippen LogP) is 3.00. The summed E-state index contributed by atoms with van der Waals surface area (Å²) in [6, 6.07) is 7.98. The van der Waals surface area contributed by atoms with Crippen molar-refractivity contribution < 1.29 is 23.9 Å². The van der Waals surface area contributed by atoms with Gasteiger partial charge >= 0.3 is 0 Å². The Kier molecular flexibility index (Phi) is 7.38. The molecule has 0 bridgehead atoms. The van der Waals surface area contributed by atoms with Crippen molar-refractivity contribution in [3.05, 3.63) is 51.6 Å². The van der Waals surface area contributed by atoms with E-state index in [9.17, 15) is 14.9 Å². The number of non-ortho nitro benzene ring substituents is 1. The maximum atomic E-state index is 12.4. The molecule has 0 aliphatic rings. The number of carbonyl (C=O) groups is 1. The van der Waals surface area contributed by atoms with Crippen molar-refractivity contribution in [1.29, 1.82) is 0 Å². The predicted molar refractivity (Wildman–Crippen MR) is 109 cm³/mol. The minimum atomic E-state index is -0.495. The van der Waals surface area contributed by atoms with Crippen LogP contribution in [0.1, 0.15) is 11.1 Å². The fourth-order valence-electron chi connectivity index (χ4n) is 2.93. The molecule has 1 N–H and O–H groups in total. The molecular formula is C20H25N3O6. The number of hydrogen-bond acceptors (Lipinski definition) is 7. The molecule has 2 rings (SSSR count). The quantitative estimate of drug-likeness (QED) is 0.507. The van der Waals surface area contributed by atoms with Crippen LogP contribution in [-0.4, -0.2) is 50.7 Å². The molecule has 29 heavy (non-hydrogen) atoms. The van der Waals surface area contributed by atoms with Crippen LogP contribution in [0, 0.1) is 17.0 Å². The molecule has 0 heterocycles. The summed E-state index contributed by atoms with van der Waals surface area (Å²) < 4.78 is 16.1. The highest BCUT2D eigenvalue weighted by Crippen LogP contribution is 2.40. The lowest BCUT2D eigenvalue weighted by Crippen LogP contribution is -2.30. The van der Waals surface area contributed by atoms with Gasteiger partial charge in [-0.3, -0.25) is 19.8 Å². The first kappa shape index (κ1) is 22.0. The zero-order valence-corrected chi connectivity index (χ0v) is 17.1. The minimum Gasteiger partial charge on any atom is -0.493 e. The van der Waals surface area contributed by atoms with Crippen molar-refractivity contribution in [1.82, 2.24) is 4.90 Å². The van der Waals surface area contributed by atoms with Gasteiger partial charge < -0.3 is 19.5 Å². The number of nitro groups is 1. The highest BCUT2D eigenvalue weighted by molar-refractivity contribution is 5.93. The van der Waals surface area contributed by atoms with Crippen LogP contribution in [0.15, 0.2) is 30.3 Å². The molecule has 0 radical (unpaired) electrons. The van der Waals surface area contributed by atoms with Crippen molar-refractivity contribution in [2.45, 2.75) is 13.5 Å². The largest absolute Gasteiger partial charge is 0.493 e. The van der Waals surface area contributed by atoms with Crippen molar-refractivity contribution >= 4 is 17.3 Å². The molecule has 0 unspecified atom stereocenters. The number of carbonyl (C=O) groups excluding carboxylic acids is 1. The van der Waals surface area contributed by atoms with Gasteiger partial charge in [0, 0.05) is 24.2 Å². The standard InChI is InChI=1S/C20H25N3O6/c1-13-6-8-15(23(25)26)10-16(13)21-18(24)12-22(2)11-14-7-9-17(27-3)20(29-5)19(14)28-4/h6-10H,11-12H2,1-5H3,(H,21,24). The van der Waals surface area contributed by atoms with E-state index in [-0.39, 0.29) is 18.1 Å². The zero-order chi connectivity index (χ0) is 21.6. The first-order valence-corrected chi connectivity index (χ1v) is 8.82. The molecule has 156 valence electrons. The Bertz CT molecular complexity index is 900. The molecule has 9 nitrogen and oxygen atoms in total. The van der Waals surface area contributed by atoms with E-state index in [1.165, 1.54) is 19.2 Å². The summed E-state index contributed by atoms with van der Waals surface area (Å²) in [5.74, 6) is 1.29. The molecule has 0 atom stereocenters. The van der Waals surface area contributed by atoms with Gasteiger partial charge in [-0.2, -0.15) is 0 Å². The second-order valence-corrected chi connectivity index (χ2v) is 6.47. The van der Waals surface area contributed by atoms with Gasteiger partial charge in [0.2, 0.25) is 11.7 Å². The maximum Gasteiger partial charge on any atom is 0.271 e. The Hall–Kier alpha value is -3.33. The van der Waals surface area contributed by atoms with E-state index in [2.05, 4.69) is 5.32 Å². The first-order valence-electron chi connectivity index (χ1n) is 8.82. The number of nitrogens with zero attached hydrogens (tertiary/aromatic N) is 2. The zero-order valence-electron chi connectivity index (χ0n) is 17.1. The SMILES string of the molecule is COc1ccc(CN(C)CC(=O)Nc2cc([N+](=O)[O-])ccc2C)c(OC)c1OC. The lowest BCUT2D eigenvalue weighted by Gasteiger charge is -2.20. The summed E-state index contributed by atoms with van der Waals surface area (Å²) in [4.78, 5) is 24.7. The number of benzene rings is 2. The molecule has 2 aromatic rings. The third kappa shape index (κ3) is 5.35. The third-order valence-corrected chi connectivity index (χ3v) is 4.35. The summed E-state index contributed by atoms with van der Waals surface area (Å²) >= 11 is 0. The normalized spacial score (nSPS) is 10.6. The average Bonchev–Trinajstić information content (AvgIpc) is 2.68. The Morgan fingerprint density at radius 2 is 1.79 bits per heavy atom. The lowest BCUT2D eigenvalue weighted by molar-refractivity contribution is -0.384. The molecule has 0 saturated heterocycles. The first-order chi connectivity index (χ1) is 13.8. The summed E-state index contributed by atoms with van der Waals surface area (Å²) in [5.41, 5.74) is 1.91. The Balaban J connectivity index is 2.10. The van der Waals surface area contributed by atoms with Crippen LogP contribution in [-0.2, 0) is 11.3 Å². The fraction of sp³-hybridized carbons (Fsp3) is 0.350. The number of likely N-dealkylation sites (N-methyl/N-ethyl adjacent to an activating group) is 1. The van der Waals surface area contributed by atoms with Crippen LogP contribution in [0.5, 0.6) is 17.2 Å². The van der Waals surface area contributed by atoms with Crippen molar-refractivity contribution in [3.8, 4) is 17.2 Å². The molecule has 0 aromatic heterocycles. The number of amides is 1. The number of nitrogens with one attached hydrogen (secondary N) is 1. The van der Waals surface area contributed by atoms with E-state index in [1.807, 2.05) is 6.07 Å². The molecule has 9 heteroatoms. The van der Waals surface area contributed by atoms with Gasteiger partial charge in [-0.15, -0.1) is 0 Å². The van der Waals surface area contributed by atoms with Crippen LogP contribution >= 0.6 is 0 Å². The highest BCUT2D eigenvalue weighted by atomic mass is 16.6. The number of rotatable bonds is 9. The van der Waals surface area contributed by atoms with Gasteiger partial charge in [0.1, 0.15) is 0 Å². The minimum absolute atomic E-state index is 0.0747. The maximum absolute atomic E-state index is 12.4. The van der Waals surface area contributed by atoms with Crippen LogP contribution in [0.25, 0.3) is 0 Å². The topological polar surface area (TPSA) is 103 Å². The monoisotopic (exact) mass is 403 g/mol. The summed E-state index contributed by atoms with van der Waals surface area (Å²) in [7, 11) is 6.40. The number of anilines is 1. The third-order valence-electron chi connectivity index (χ3n) is 4.35. The molecule has 0 aliphatic carbocycles. The van der Waals surface area contributed by atoms with Gasteiger partial charge in [-0.05, 0) is 25.6 Å². The van der Waals surface area contributed by atoms with Gasteiger partial charge in [-0.1, -0.05) is 12.1 Å². The number of ether oxygens (including phenoxy) is 3. The Morgan fingerprint density at radius 3 is 2.38 bits per heavy atom. The highest BCUT2D eigenvalue weighted by Gasteiger charge is 2.18. The van der Waals surface area contributed by atoms with Gasteiger partial charge in [-0.25, -0.2) is 0 Å². The molecule has 0 aliphatic heterocycles. The van der Waals surface area contributed by atoms with Crippen molar-refractivity contribution in [2.75, 3.05) is 40.2 Å². The van der Waals surface area contributed by atoms with E-state index in [0.29, 0.717) is 29.5 Å². The number of methoxy groups -OCH3 is 3. The molecule has 0 fully saturated rings. The van der Waals surface area contributed by atoms with E-state index >= 15 is 0 Å². The van der Waals surface area contributed by atoms with E-state index in [1.54, 1.807) is 45.2 Å². The van der Waals surface area contributed by atoms with E-state index in [4.69, 9.17) is 14.2 Å². The number of hydrogen-bond donors (Lipinski definition) is 1. The van der Waals surface area contributed by atoms with Crippen molar-refractivity contribution in [3.63, 3.8) is 0 Å². The average molecular weight is 403 g/mol. The molecular weight excluding hydrogens is 378 g/mol. The van der Waals surface area contributed by atoms with Crippen LogP contribution < -0.4 is 19.5 Å². The second kappa shape index (κ2) is 9.74. The van der Waals surface area contributed by atoms with Gasteiger partial charge in [0.25, 0.3) is 5.69 Å². The van der Waals surface area contributed by atoms with Crippen LogP contribution in [0.3, 0.4) is 0 Å². The Labute approximate surface area is 169 Å². The van der Waals surface area contributed by atoms with Crippen LogP contribution in [0.4, 0.5) is 11.4 Å². The molecule has 0 saturated carbocycles. The number of nitro benzene ring substituents is 1. The summed E-state index contributed by atoms with van der Waals surface area (Å²) in [5, 5.41) is 13.7. The van der Waals surface area contributed by atoms with Crippen LogP contribution in [0.2, 0.25) is 0 Å². The Morgan fingerprint density at radius 1 is 1.10 bits per heavy atom. The summed E-state index contributed by atoms with van der Waals surface area (Å²) in [6.07, 6.45) is 0. The number of aryl methyl sites for hydroxylation is 1.